The second-order valence-electron chi connectivity index (χ2n) is 3.43. The van der Waals surface area contributed by atoms with Gasteiger partial charge in [0.2, 0.25) is 0 Å². The smallest absolute Gasteiger partial charge is 0.0577 e. The van der Waals surface area contributed by atoms with Gasteiger partial charge in [0.15, 0.2) is 0 Å². The molecular formula is C8H18NOP. The fraction of sp³-hybridized carbons (Fsp3) is 1.00. The quantitative estimate of drug-likeness (QED) is 0.479. The van der Waals surface area contributed by atoms with Gasteiger partial charge in [-0.15, -0.1) is 9.24 Å². The summed E-state index contributed by atoms with van der Waals surface area (Å²) < 4.78 is 5.32. The van der Waals surface area contributed by atoms with E-state index >= 15 is 0 Å². The van der Waals surface area contributed by atoms with Gasteiger partial charge < -0.3 is 10.5 Å². The number of nitrogens with two attached hydrogens (primary N) is 1. The molecule has 0 bridgehead atoms. The molecular weight excluding hydrogens is 157 g/mol. The van der Waals surface area contributed by atoms with Gasteiger partial charge in [-0.05, 0) is 31.3 Å². The van der Waals surface area contributed by atoms with Crippen molar-refractivity contribution in [1.82, 2.24) is 0 Å². The molecule has 1 aliphatic carbocycles. The molecule has 0 aromatic carbocycles. The predicted molar refractivity (Wildman–Crippen MR) is 50.7 cm³/mol. The van der Waals surface area contributed by atoms with Gasteiger partial charge in [0, 0.05) is 13.2 Å². The molecule has 0 aromatic heterocycles. The highest BCUT2D eigenvalue weighted by Crippen LogP contribution is 2.24. The molecule has 2 nitrogen and oxygen atoms in total. The number of ether oxygens (including phenoxy) is 1. The molecule has 0 radical (unpaired) electrons. The van der Waals surface area contributed by atoms with Gasteiger partial charge in [0.05, 0.1) is 6.10 Å². The molecule has 0 spiro atoms. The zero-order chi connectivity index (χ0) is 8.27. The summed E-state index contributed by atoms with van der Waals surface area (Å²) in [4.78, 5) is 0. The van der Waals surface area contributed by atoms with Gasteiger partial charge in [-0.1, -0.05) is 0 Å². The van der Waals surface area contributed by atoms with Crippen LogP contribution in [0.2, 0.25) is 0 Å². The first-order valence-corrected chi connectivity index (χ1v) is 4.93. The molecule has 0 heterocycles. The standard InChI is InChI=1S/C8H18NOP/c1-10-7-3-2-6(9)4-8(11)5-7/h6-8H,2-5,9,11H2,1H3. The van der Waals surface area contributed by atoms with Crippen LogP contribution in [-0.2, 0) is 4.74 Å². The lowest BCUT2D eigenvalue weighted by Crippen LogP contribution is -2.21. The molecule has 1 fully saturated rings. The van der Waals surface area contributed by atoms with Gasteiger partial charge in [-0.25, -0.2) is 0 Å². The lowest BCUT2D eigenvalue weighted by Gasteiger charge is -2.14. The average molecular weight is 175 g/mol. The van der Waals surface area contributed by atoms with E-state index in [1.54, 1.807) is 7.11 Å². The third kappa shape index (κ3) is 3.06. The fourth-order valence-corrected chi connectivity index (χ4v) is 2.33. The van der Waals surface area contributed by atoms with Gasteiger partial charge >= 0.3 is 0 Å². The molecule has 0 amide bonds. The Kier molecular flexibility index (Phi) is 3.77. The van der Waals surface area contributed by atoms with Crippen molar-refractivity contribution in [3.8, 4) is 0 Å². The highest BCUT2D eigenvalue weighted by atomic mass is 31.0. The van der Waals surface area contributed by atoms with Gasteiger partial charge in [-0.3, -0.25) is 0 Å². The van der Waals surface area contributed by atoms with Crippen LogP contribution < -0.4 is 5.73 Å². The van der Waals surface area contributed by atoms with E-state index in [9.17, 15) is 0 Å². The Morgan fingerprint density at radius 3 is 2.73 bits per heavy atom. The van der Waals surface area contributed by atoms with Crippen LogP contribution in [0.4, 0.5) is 0 Å². The summed E-state index contributed by atoms with van der Waals surface area (Å²) >= 11 is 0. The summed E-state index contributed by atoms with van der Waals surface area (Å²) in [6.07, 6.45) is 4.96. The zero-order valence-electron chi connectivity index (χ0n) is 7.12. The molecule has 1 aliphatic rings. The number of hydrogen-bond donors (Lipinski definition) is 1. The molecule has 2 N–H and O–H groups in total. The third-order valence-corrected chi connectivity index (χ3v) is 2.91. The van der Waals surface area contributed by atoms with Crippen molar-refractivity contribution in [3.05, 3.63) is 0 Å². The van der Waals surface area contributed by atoms with Crippen molar-refractivity contribution in [2.45, 2.75) is 43.5 Å². The van der Waals surface area contributed by atoms with Crippen molar-refractivity contribution in [2.75, 3.05) is 7.11 Å². The predicted octanol–water partition coefficient (Wildman–Crippen LogP) is 1.15. The second-order valence-corrected chi connectivity index (χ2v) is 4.37. The minimum atomic E-state index is 0.387. The minimum absolute atomic E-state index is 0.387. The molecule has 0 aliphatic heterocycles. The normalized spacial score (nSPS) is 40.1. The van der Waals surface area contributed by atoms with Crippen LogP contribution in [0.25, 0.3) is 0 Å². The van der Waals surface area contributed by atoms with Crippen molar-refractivity contribution in [1.29, 1.82) is 0 Å². The van der Waals surface area contributed by atoms with E-state index in [4.69, 9.17) is 10.5 Å². The number of rotatable bonds is 1. The summed E-state index contributed by atoms with van der Waals surface area (Å²) in [7, 11) is 4.65. The molecule has 0 saturated heterocycles. The molecule has 1 saturated carbocycles. The first kappa shape index (κ1) is 9.44. The van der Waals surface area contributed by atoms with Gasteiger partial charge in [0.25, 0.3) is 0 Å². The number of methoxy groups -OCH3 is 1. The maximum Gasteiger partial charge on any atom is 0.0577 e. The van der Waals surface area contributed by atoms with E-state index in [1.807, 2.05) is 0 Å². The summed E-state index contributed by atoms with van der Waals surface area (Å²) in [6, 6.07) is 0.387. The Hall–Kier alpha value is 0.350. The topological polar surface area (TPSA) is 35.2 Å². The molecule has 0 aromatic rings. The molecule has 4 unspecified atom stereocenters. The molecule has 4 atom stereocenters. The van der Waals surface area contributed by atoms with E-state index in [2.05, 4.69) is 9.24 Å². The zero-order valence-corrected chi connectivity index (χ0v) is 8.28. The summed E-state index contributed by atoms with van der Waals surface area (Å²) in [6.45, 7) is 0. The van der Waals surface area contributed by atoms with E-state index in [0.29, 0.717) is 17.8 Å². The Morgan fingerprint density at radius 2 is 2.09 bits per heavy atom. The van der Waals surface area contributed by atoms with Crippen LogP contribution in [-0.4, -0.2) is 24.9 Å². The molecule has 66 valence electrons. The second kappa shape index (κ2) is 4.39. The Labute approximate surface area is 71.1 Å². The van der Waals surface area contributed by atoms with E-state index in [1.165, 1.54) is 0 Å². The maximum atomic E-state index is 5.87. The van der Waals surface area contributed by atoms with Crippen LogP contribution in [0, 0.1) is 0 Å². The molecule has 1 rings (SSSR count). The van der Waals surface area contributed by atoms with Crippen molar-refractivity contribution >= 4 is 9.24 Å². The van der Waals surface area contributed by atoms with E-state index in [-0.39, 0.29) is 0 Å². The average Bonchev–Trinajstić information content (AvgIpc) is 2.11. The summed E-state index contributed by atoms with van der Waals surface area (Å²) in [5, 5.41) is 0. The summed E-state index contributed by atoms with van der Waals surface area (Å²) in [5.74, 6) is 0. The van der Waals surface area contributed by atoms with Crippen LogP contribution in [0.5, 0.6) is 0 Å². The largest absolute Gasteiger partial charge is 0.381 e. The Balaban J connectivity index is 2.39. The first-order chi connectivity index (χ1) is 5.22. The lowest BCUT2D eigenvalue weighted by atomic mass is 10.1. The molecule has 11 heavy (non-hydrogen) atoms. The minimum Gasteiger partial charge on any atom is -0.381 e. The highest BCUT2D eigenvalue weighted by Gasteiger charge is 2.20. The lowest BCUT2D eigenvalue weighted by molar-refractivity contribution is 0.0907. The number of hydrogen-bond acceptors (Lipinski definition) is 2. The van der Waals surface area contributed by atoms with Gasteiger partial charge in [-0.2, -0.15) is 0 Å². The highest BCUT2D eigenvalue weighted by molar-refractivity contribution is 7.17. The van der Waals surface area contributed by atoms with Crippen LogP contribution in [0.1, 0.15) is 25.7 Å². The van der Waals surface area contributed by atoms with Crippen molar-refractivity contribution in [3.63, 3.8) is 0 Å². The maximum absolute atomic E-state index is 5.87. The fourth-order valence-electron chi connectivity index (χ4n) is 1.67. The van der Waals surface area contributed by atoms with E-state index in [0.717, 1.165) is 25.7 Å². The van der Waals surface area contributed by atoms with Crippen LogP contribution in [0.3, 0.4) is 0 Å². The summed E-state index contributed by atoms with van der Waals surface area (Å²) in [5.41, 5.74) is 6.52. The van der Waals surface area contributed by atoms with Crippen LogP contribution in [0.15, 0.2) is 0 Å². The van der Waals surface area contributed by atoms with Gasteiger partial charge in [0.1, 0.15) is 0 Å². The first-order valence-electron chi connectivity index (χ1n) is 4.26. The Bertz CT molecular complexity index is 121. The monoisotopic (exact) mass is 175 g/mol. The van der Waals surface area contributed by atoms with E-state index < -0.39 is 0 Å². The molecule has 3 heteroatoms. The van der Waals surface area contributed by atoms with Crippen LogP contribution >= 0.6 is 9.24 Å². The van der Waals surface area contributed by atoms with Crippen molar-refractivity contribution < 1.29 is 4.74 Å². The Morgan fingerprint density at radius 1 is 1.36 bits per heavy atom. The SMILES string of the molecule is COC1CCC(N)CC(P)C1. The third-order valence-electron chi connectivity index (χ3n) is 2.36. The van der Waals surface area contributed by atoms with Crippen molar-refractivity contribution in [2.24, 2.45) is 5.73 Å².